The highest BCUT2D eigenvalue weighted by molar-refractivity contribution is 7.99. The molecule has 0 aliphatic carbocycles. The number of anilines is 1. The van der Waals surface area contributed by atoms with Crippen molar-refractivity contribution in [3.63, 3.8) is 0 Å². The Morgan fingerprint density at radius 1 is 1.24 bits per heavy atom. The lowest BCUT2D eigenvalue weighted by Gasteiger charge is -2.06. The number of hydrogen-bond donors (Lipinski definition) is 1. The number of aryl methyl sites for hydroxylation is 1. The van der Waals surface area contributed by atoms with Gasteiger partial charge in [-0.1, -0.05) is 36.9 Å². The maximum atomic E-state index is 13.1. The predicted octanol–water partition coefficient (Wildman–Crippen LogP) is 3.09. The molecule has 0 aliphatic heterocycles. The largest absolute Gasteiger partial charge is 0.325 e. The average Bonchev–Trinajstić information content (AvgIpc) is 3.08. The summed E-state index contributed by atoms with van der Waals surface area (Å²) in [5.74, 6) is -0.541. The molecule has 0 radical (unpaired) electrons. The third-order valence-electron chi connectivity index (χ3n) is 3.47. The molecule has 1 N–H and O–H groups in total. The SMILES string of the molecule is CCc1ccc(-n2nnnc2SCC(=O)Nc2cccc(F)c2)cc1. The Kier molecular flexibility index (Phi) is 5.39. The molecule has 1 aromatic heterocycles. The number of amides is 1. The molecule has 2 aromatic carbocycles. The van der Waals surface area contributed by atoms with E-state index in [1.807, 2.05) is 24.3 Å². The van der Waals surface area contributed by atoms with E-state index in [0.717, 1.165) is 12.1 Å². The Morgan fingerprint density at radius 3 is 2.76 bits per heavy atom. The van der Waals surface area contributed by atoms with Crippen LogP contribution in [0.4, 0.5) is 10.1 Å². The minimum atomic E-state index is -0.398. The zero-order chi connectivity index (χ0) is 17.6. The van der Waals surface area contributed by atoms with Crippen LogP contribution in [0.5, 0.6) is 0 Å². The van der Waals surface area contributed by atoms with Crippen molar-refractivity contribution in [2.75, 3.05) is 11.1 Å². The van der Waals surface area contributed by atoms with E-state index in [1.165, 1.54) is 29.5 Å². The minimum absolute atomic E-state index is 0.115. The van der Waals surface area contributed by atoms with Crippen LogP contribution in [0.2, 0.25) is 0 Å². The van der Waals surface area contributed by atoms with Gasteiger partial charge in [-0.05, 0) is 52.7 Å². The molecule has 128 valence electrons. The number of nitrogens with one attached hydrogen (secondary N) is 1. The molecule has 0 fully saturated rings. The number of rotatable bonds is 6. The molecule has 8 heteroatoms. The molecule has 3 aromatic rings. The third kappa shape index (κ3) is 4.42. The summed E-state index contributed by atoms with van der Waals surface area (Å²) in [4.78, 5) is 12.0. The second-order valence-corrected chi connectivity index (χ2v) is 6.18. The van der Waals surface area contributed by atoms with E-state index >= 15 is 0 Å². The van der Waals surface area contributed by atoms with Gasteiger partial charge in [0.25, 0.3) is 0 Å². The Bertz CT molecular complexity index is 865. The van der Waals surface area contributed by atoms with E-state index in [0.29, 0.717) is 10.8 Å². The second kappa shape index (κ2) is 7.89. The van der Waals surface area contributed by atoms with Crippen molar-refractivity contribution in [1.82, 2.24) is 20.2 Å². The van der Waals surface area contributed by atoms with E-state index in [-0.39, 0.29) is 11.7 Å². The highest BCUT2D eigenvalue weighted by Crippen LogP contribution is 2.19. The summed E-state index contributed by atoms with van der Waals surface area (Å²) in [5, 5.41) is 14.8. The van der Waals surface area contributed by atoms with Gasteiger partial charge in [0.1, 0.15) is 5.82 Å². The summed E-state index contributed by atoms with van der Waals surface area (Å²) < 4.78 is 14.7. The molecular weight excluding hydrogens is 341 g/mol. The van der Waals surface area contributed by atoms with Crippen LogP contribution in [-0.2, 0) is 11.2 Å². The average molecular weight is 357 g/mol. The fourth-order valence-electron chi connectivity index (χ4n) is 2.20. The molecule has 0 unspecified atom stereocenters. The first-order chi connectivity index (χ1) is 12.2. The monoisotopic (exact) mass is 357 g/mol. The van der Waals surface area contributed by atoms with Crippen LogP contribution in [-0.4, -0.2) is 31.9 Å². The lowest BCUT2D eigenvalue weighted by molar-refractivity contribution is -0.113. The van der Waals surface area contributed by atoms with Gasteiger partial charge in [-0.15, -0.1) is 5.10 Å². The smallest absolute Gasteiger partial charge is 0.234 e. The van der Waals surface area contributed by atoms with Crippen LogP contribution in [0.3, 0.4) is 0 Å². The van der Waals surface area contributed by atoms with E-state index in [2.05, 4.69) is 27.8 Å². The summed E-state index contributed by atoms with van der Waals surface area (Å²) in [6.07, 6.45) is 0.956. The summed E-state index contributed by atoms with van der Waals surface area (Å²) in [6, 6.07) is 13.7. The molecule has 1 heterocycles. The molecule has 6 nitrogen and oxygen atoms in total. The lowest BCUT2D eigenvalue weighted by Crippen LogP contribution is -2.14. The number of benzene rings is 2. The van der Waals surface area contributed by atoms with E-state index in [4.69, 9.17) is 0 Å². The Hall–Kier alpha value is -2.74. The molecule has 0 saturated heterocycles. The lowest BCUT2D eigenvalue weighted by atomic mass is 10.1. The van der Waals surface area contributed by atoms with Crippen molar-refractivity contribution in [1.29, 1.82) is 0 Å². The second-order valence-electron chi connectivity index (χ2n) is 5.24. The number of carbonyl (C=O) groups excluding carboxylic acids is 1. The van der Waals surface area contributed by atoms with Crippen LogP contribution < -0.4 is 5.32 Å². The zero-order valence-electron chi connectivity index (χ0n) is 13.5. The van der Waals surface area contributed by atoms with E-state index in [1.54, 1.807) is 16.8 Å². The van der Waals surface area contributed by atoms with Crippen LogP contribution >= 0.6 is 11.8 Å². The number of tetrazole rings is 1. The van der Waals surface area contributed by atoms with Crippen molar-refractivity contribution in [3.05, 3.63) is 59.9 Å². The Balaban J connectivity index is 1.64. The molecule has 1 amide bonds. The minimum Gasteiger partial charge on any atom is -0.325 e. The van der Waals surface area contributed by atoms with Crippen molar-refractivity contribution in [2.24, 2.45) is 0 Å². The number of aromatic nitrogens is 4. The first-order valence-corrected chi connectivity index (χ1v) is 8.70. The normalized spacial score (nSPS) is 10.6. The van der Waals surface area contributed by atoms with E-state index < -0.39 is 5.82 Å². The van der Waals surface area contributed by atoms with Crippen molar-refractivity contribution in [3.8, 4) is 5.69 Å². The van der Waals surface area contributed by atoms with Crippen molar-refractivity contribution < 1.29 is 9.18 Å². The number of carbonyl (C=O) groups is 1. The van der Waals surface area contributed by atoms with Gasteiger partial charge in [-0.3, -0.25) is 4.79 Å². The van der Waals surface area contributed by atoms with Gasteiger partial charge in [0, 0.05) is 5.69 Å². The standard InChI is InChI=1S/C17H16FN5OS/c1-2-12-6-8-15(9-7-12)23-17(20-21-22-23)25-11-16(24)19-14-5-3-4-13(18)10-14/h3-10H,2,11H2,1H3,(H,19,24). The van der Waals surface area contributed by atoms with Gasteiger partial charge >= 0.3 is 0 Å². The Morgan fingerprint density at radius 2 is 2.04 bits per heavy atom. The molecule has 0 aliphatic rings. The molecule has 0 spiro atoms. The molecule has 0 bridgehead atoms. The van der Waals surface area contributed by atoms with Crippen LogP contribution in [0.15, 0.2) is 53.7 Å². The predicted molar refractivity (Wildman–Crippen MR) is 94.3 cm³/mol. The topological polar surface area (TPSA) is 72.7 Å². The van der Waals surface area contributed by atoms with Gasteiger partial charge in [0.15, 0.2) is 0 Å². The van der Waals surface area contributed by atoms with E-state index in [9.17, 15) is 9.18 Å². The molecule has 3 rings (SSSR count). The first-order valence-electron chi connectivity index (χ1n) is 7.71. The molecule has 0 atom stereocenters. The molecular formula is C17H16FN5OS. The van der Waals surface area contributed by atoms with Gasteiger partial charge in [-0.2, -0.15) is 4.68 Å². The summed E-state index contributed by atoms with van der Waals surface area (Å²) >= 11 is 1.21. The maximum absolute atomic E-state index is 13.1. The van der Waals surface area contributed by atoms with Crippen molar-refractivity contribution in [2.45, 2.75) is 18.5 Å². The van der Waals surface area contributed by atoms with Gasteiger partial charge in [0.05, 0.1) is 11.4 Å². The summed E-state index contributed by atoms with van der Waals surface area (Å²) in [7, 11) is 0. The fourth-order valence-corrected chi connectivity index (χ4v) is 2.89. The van der Waals surface area contributed by atoms with Gasteiger partial charge < -0.3 is 5.32 Å². The maximum Gasteiger partial charge on any atom is 0.234 e. The highest BCUT2D eigenvalue weighted by Gasteiger charge is 2.12. The highest BCUT2D eigenvalue weighted by atomic mass is 32.2. The molecule has 25 heavy (non-hydrogen) atoms. The van der Waals surface area contributed by atoms with Gasteiger partial charge in [-0.25, -0.2) is 4.39 Å². The zero-order valence-corrected chi connectivity index (χ0v) is 14.3. The third-order valence-corrected chi connectivity index (χ3v) is 4.39. The number of nitrogens with zero attached hydrogens (tertiary/aromatic N) is 4. The quantitative estimate of drug-likeness (QED) is 0.686. The van der Waals surface area contributed by atoms with Gasteiger partial charge in [0.2, 0.25) is 11.1 Å². The summed E-state index contributed by atoms with van der Waals surface area (Å²) in [5.41, 5.74) is 2.47. The van der Waals surface area contributed by atoms with Crippen LogP contribution in [0, 0.1) is 5.82 Å². The fraction of sp³-hybridized carbons (Fsp3) is 0.176. The van der Waals surface area contributed by atoms with Crippen molar-refractivity contribution >= 4 is 23.4 Å². The number of hydrogen-bond acceptors (Lipinski definition) is 5. The molecule has 0 saturated carbocycles. The first kappa shape index (κ1) is 17.1. The Labute approximate surface area is 148 Å². The van der Waals surface area contributed by atoms with Crippen LogP contribution in [0.25, 0.3) is 5.69 Å². The van der Waals surface area contributed by atoms with Crippen LogP contribution in [0.1, 0.15) is 12.5 Å². The summed E-state index contributed by atoms with van der Waals surface area (Å²) in [6.45, 7) is 2.09. The number of halogens is 1. The number of thioether (sulfide) groups is 1.